The Balaban J connectivity index is 1.72. The highest BCUT2D eigenvalue weighted by Crippen LogP contribution is 2.33. The zero-order valence-electron chi connectivity index (χ0n) is 13.0. The SMILES string of the molecule is OCC1SC(c2ccc(C(F)(F)F)cc2)=NC1CN1CCOCC1. The van der Waals surface area contributed by atoms with Crippen LogP contribution < -0.4 is 0 Å². The quantitative estimate of drug-likeness (QED) is 0.895. The van der Waals surface area contributed by atoms with E-state index in [2.05, 4.69) is 9.89 Å². The normalized spacial score (nSPS) is 25.8. The molecular weight excluding hydrogens is 341 g/mol. The largest absolute Gasteiger partial charge is 0.416 e. The number of hydrogen-bond donors (Lipinski definition) is 1. The summed E-state index contributed by atoms with van der Waals surface area (Å²) in [5, 5.41) is 10.2. The predicted octanol–water partition coefficient (Wildman–Crippen LogP) is 2.26. The zero-order chi connectivity index (χ0) is 17.2. The summed E-state index contributed by atoms with van der Waals surface area (Å²) < 4.78 is 43.3. The summed E-state index contributed by atoms with van der Waals surface area (Å²) in [5.74, 6) is 0. The number of thioether (sulfide) groups is 1. The first-order chi connectivity index (χ1) is 11.5. The second-order valence-electron chi connectivity index (χ2n) is 5.83. The van der Waals surface area contributed by atoms with E-state index in [0.717, 1.165) is 31.8 Å². The van der Waals surface area contributed by atoms with Crippen LogP contribution in [-0.2, 0) is 10.9 Å². The molecule has 0 spiro atoms. The minimum Gasteiger partial charge on any atom is -0.395 e. The van der Waals surface area contributed by atoms with Crippen LogP contribution in [0.4, 0.5) is 13.2 Å². The maximum absolute atomic E-state index is 12.7. The lowest BCUT2D eigenvalue weighted by molar-refractivity contribution is -0.137. The van der Waals surface area contributed by atoms with Gasteiger partial charge < -0.3 is 9.84 Å². The van der Waals surface area contributed by atoms with E-state index < -0.39 is 11.7 Å². The van der Waals surface area contributed by atoms with Crippen molar-refractivity contribution >= 4 is 16.8 Å². The Kier molecular flexibility index (Phi) is 5.49. The number of nitrogens with zero attached hydrogens (tertiary/aromatic N) is 2. The van der Waals surface area contributed by atoms with Crippen molar-refractivity contribution in [3.05, 3.63) is 35.4 Å². The molecule has 1 aromatic carbocycles. The molecule has 132 valence electrons. The Labute approximate surface area is 142 Å². The van der Waals surface area contributed by atoms with Gasteiger partial charge in [0.1, 0.15) is 0 Å². The van der Waals surface area contributed by atoms with Gasteiger partial charge in [-0.05, 0) is 12.1 Å². The maximum Gasteiger partial charge on any atom is 0.416 e. The molecule has 1 aromatic rings. The molecule has 24 heavy (non-hydrogen) atoms. The molecule has 2 atom stereocenters. The fraction of sp³-hybridized carbons (Fsp3) is 0.562. The second kappa shape index (κ2) is 7.43. The molecule has 2 unspecified atom stereocenters. The highest BCUT2D eigenvalue weighted by Gasteiger charge is 2.33. The van der Waals surface area contributed by atoms with Crippen LogP contribution in [0, 0.1) is 0 Å². The summed E-state index contributed by atoms with van der Waals surface area (Å²) in [5.41, 5.74) is -0.00523. The van der Waals surface area contributed by atoms with Crippen molar-refractivity contribution in [1.29, 1.82) is 0 Å². The van der Waals surface area contributed by atoms with E-state index in [9.17, 15) is 18.3 Å². The second-order valence-corrected chi connectivity index (χ2v) is 7.06. The van der Waals surface area contributed by atoms with Crippen molar-refractivity contribution in [2.45, 2.75) is 17.5 Å². The van der Waals surface area contributed by atoms with Crippen molar-refractivity contribution < 1.29 is 23.0 Å². The summed E-state index contributed by atoms with van der Waals surface area (Å²) in [6, 6.07) is 4.97. The number of rotatable bonds is 4. The van der Waals surface area contributed by atoms with E-state index in [1.165, 1.54) is 23.9 Å². The molecule has 1 fully saturated rings. The van der Waals surface area contributed by atoms with Crippen LogP contribution in [0.25, 0.3) is 0 Å². The van der Waals surface area contributed by atoms with Gasteiger partial charge in [0.05, 0.1) is 41.7 Å². The average Bonchev–Trinajstić information content (AvgIpc) is 2.98. The average molecular weight is 360 g/mol. The first-order valence-electron chi connectivity index (χ1n) is 7.80. The van der Waals surface area contributed by atoms with Crippen LogP contribution >= 0.6 is 11.8 Å². The van der Waals surface area contributed by atoms with Crippen LogP contribution in [0.15, 0.2) is 29.3 Å². The van der Waals surface area contributed by atoms with Gasteiger partial charge in [-0.3, -0.25) is 9.89 Å². The molecule has 1 saturated heterocycles. The summed E-state index contributed by atoms with van der Waals surface area (Å²) in [6.07, 6.45) is -4.34. The lowest BCUT2D eigenvalue weighted by atomic mass is 10.1. The standard InChI is InChI=1S/C16H19F3N2O2S/c17-16(18,19)12-3-1-11(2-4-12)15-20-13(14(10-22)24-15)9-21-5-7-23-8-6-21/h1-4,13-14,22H,5-10H2. The Morgan fingerprint density at radius 1 is 1.21 bits per heavy atom. The number of ether oxygens (including phenoxy) is 1. The summed E-state index contributed by atoms with van der Waals surface area (Å²) in [7, 11) is 0. The number of aliphatic imine (C=N–C) groups is 1. The molecule has 8 heteroatoms. The fourth-order valence-electron chi connectivity index (χ4n) is 2.80. The monoisotopic (exact) mass is 360 g/mol. The van der Waals surface area contributed by atoms with Crippen LogP contribution in [0.1, 0.15) is 11.1 Å². The molecule has 0 amide bonds. The van der Waals surface area contributed by atoms with E-state index in [1.54, 1.807) is 0 Å². The number of aliphatic hydroxyl groups is 1. The molecule has 0 aromatic heterocycles. The molecule has 3 rings (SSSR count). The lowest BCUT2D eigenvalue weighted by Crippen LogP contribution is -2.42. The van der Waals surface area contributed by atoms with E-state index in [0.29, 0.717) is 23.8 Å². The first kappa shape index (κ1) is 17.7. The number of aliphatic hydroxyl groups excluding tert-OH is 1. The third kappa shape index (κ3) is 4.11. The van der Waals surface area contributed by atoms with Crippen LogP contribution in [0.2, 0.25) is 0 Å². The van der Waals surface area contributed by atoms with Gasteiger partial charge >= 0.3 is 6.18 Å². The maximum atomic E-state index is 12.7. The first-order valence-corrected chi connectivity index (χ1v) is 8.68. The van der Waals surface area contributed by atoms with Gasteiger partial charge in [-0.15, -0.1) is 0 Å². The van der Waals surface area contributed by atoms with Gasteiger partial charge in [0.25, 0.3) is 0 Å². The van der Waals surface area contributed by atoms with Gasteiger partial charge in [0.15, 0.2) is 0 Å². The van der Waals surface area contributed by atoms with Crippen molar-refractivity contribution in [1.82, 2.24) is 4.90 Å². The number of benzene rings is 1. The van der Waals surface area contributed by atoms with Crippen molar-refractivity contribution in [2.75, 3.05) is 39.5 Å². The van der Waals surface area contributed by atoms with E-state index >= 15 is 0 Å². The molecule has 2 heterocycles. The Bertz CT molecular complexity index is 586. The smallest absolute Gasteiger partial charge is 0.395 e. The molecule has 0 radical (unpaired) electrons. The number of alkyl halides is 3. The number of morpholine rings is 1. The van der Waals surface area contributed by atoms with Crippen LogP contribution in [0.5, 0.6) is 0 Å². The minimum atomic E-state index is -4.34. The topological polar surface area (TPSA) is 45.1 Å². The molecule has 2 aliphatic heterocycles. The van der Waals surface area contributed by atoms with Gasteiger partial charge in [-0.1, -0.05) is 23.9 Å². The van der Waals surface area contributed by atoms with Crippen LogP contribution in [-0.4, -0.2) is 65.8 Å². The highest BCUT2D eigenvalue weighted by molar-refractivity contribution is 8.15. The molecule has 0 bridgehead atoms. The van der Waals surface area contributed by atoms with Gasteiger partial charge in [-0.2, -0.15) is 13.2 Å². The van der Waals surface area contributed by atoms with Gasteiger partial charge in [0, 0.05) is 25.2 Å². The molecule has 2 aliphatic rings. The van der Waals surface area contributed by atoms with Crippen LogP contribution in [0.3, 0.4) is 0 Å². The molecule has 0 saturated carbocycles. The summed E-state index contributed by atoms with van der Waals surface area (Å²) in [4.78, 5) is 6.90. The molecule has 4 nitrogen and oxygen atoms in total. The zero-order valence-corrected chi connectivity index (χ0v) is 13.8. The Hall–Kier alpha value is -1.09. The summed E-state index contributed by atoms with van der Waals surface area (Å²) in [6.45, 7) is 3.78. The number of halogens is 3. The minimum absolute atomic E-state index is 0.00664. The van der Waals surface area contributed by atoms with Crippen molar-refractivity contribution in [3.8, 4) is 0 Å². The predicted molar refractivity (Wildman–Crippen MR) is 87.5 cm³/mol. The third-order valence-electron chi connectivity index (χ3n) is 4.16. The lowest BCUT2D eigenvalue weighted by Gasteiger charge is -2.29. The van der Waals surface area contributed by atoms with Gasteiger partial charge in [-0.25, -0.2) is 0 Å². The Morgan fingerprint density at radius 3 is 2.46 bits per heavy atom. The Morgan fingerprint density at radius 2 is 1.88 bits per heavy atom. The van der Waals surface area contributed by atoms with E-state index in [4.69, 9.17) is 4.74 Å². The highest BCUT2D eigenvalue weighted by atomic mass is 32.2. The third-order valence-corrected chi connectivity index (χ3v) is 5.49. The number of hydrogen-bond acceptors (Lipinski definition) is 5. The fourth-order valence-corrected chi connectivity index (χ4v) is 3.93. The van der Waals surface area contributed by atoms with E-state index in [-0.39, 0.29) is 17.9 Å². The molecule has 1 N–H and O–H groups in total. The van der Waals surface area contributed by atoms with E-state index in [1.807, 2.05) is 0 Å². The molecular formula is C16H19F3N2O2S. The summed E-state index contributed by atoms with van der Waals surface area (Å²) >= 11 is 1.43. The molecule has 0 aliphatic carbocycles. The van der Waals surface area contributed by atoms with Crippen molar-refractivity contribution in [3.63, 3.8) is 0 Å². The van der Waals surface area contributed by atoms with Gasteiger partial charge in [0.2, 0.25) is 0 Å². The van der Waals surface area contributed by atoms with Crippen molar-refractivity contribution in [2.24, 2.45) is 4.99 Å².